The molecule has 1 fully saturated rings. The number of nitro groups is 1. The predicted octanol–water partition coefficient (Wildman–Crippen LogP) is 0.543. The van der Waals surface area contributed by atoms with E-state index in [1.807, 2.05) is 0 Å². The van der Waals surface area contributed by atoms with E-state index in [0.29, 0.717) is 17.6 Å². The first kappa shape index (κ1) is 10.5. The lowest BCUT2D eigenvalue weighted by Gasteiger charge is -2.36. The van der Waals surface area contributed by atoms with E-state index in [0.717, 1.165) is 0 Å². The summed E-state index contributed by atoms with van der Waals surface area (Å²) in [5, 5.41) is 23.6. The highest BCUT2D eigenvalue weighted by Gasteiger charge is 2.42. The van der Waals surface area contributed by atoms with Crippen LogP contribution in [0.4, 0.5) is 5.69 Å². The number of β-amino-alcohol motifs (C(OH)–C–C–N with tert-alkyl or cyclic N) is 1. The Balaban J connectivity index is 2.50. The number of aromatic nitrogens is 1. The van der Waals surface area contributed by atoms with Crippen molar-refractivity contribution in [2.45, 2.75) is 5.60 Å². The Labute approximate surface area is 93.6 Å². The van der Waals surface area contributed by atoms with Crippen LogP contribution in [0.5, 0.6) is 0 Å². The van der Waals surface area contributed by atoms with Crippen LogP contribution in [0.1, 0.15) is 5.69 Å². The van der Waals surface area contributed by atoms with Crippen LogP contribution < -0.4 is 5.32 Å². The Morgan fingerprint density at radius 1 is 1.67 bits per heavy atom. The first-order chi connectivity index (χ1) is 7.03. The highest BCUT2D eigenvalue weighted by Crippen LogP contribution is 2.32. The van der Waals surface area contributed by atoms with Crippen LogP contribution in [0.3, 0.4) is 0 Å². The minimum Gasteiger partial charge on any atom is -0.381 e. The zero-order chi connectivity index (χ0) is 11.1. The number of aliphatic hydroxyl groups is 1. The maximum absolute atomic E-state index is 10.8. The van der Waals surface area contributed by atoms with E-state index in [1.165, 1.54) is 12.3 Å². The monoisotopic (exact) mass is 273 g/mol. The number of hydrogen-bond acceptors (Lipinski definition) is 5. The standard InChI is InChI=1S/C8H8BrN3O3/c9-5-1-6(12(14)15)7(11-2-5)8(13)3-10-4-8/h1-2,10,13H,3-4H2. The summed E-state index contributed by atoms with van der Waals surface area (Å²) in [6, 6.07) is 1.35. The second-order valence-corrected chi connectivity index (χ2v) is 4.33. The summed E-state index contributed by atoms with van der Waals surface area (Å²) in [6.07, 6.45) is 1.44. The van der Waals surface area contributed by atoms with Crippen molar-refractivity contribution in [3.8, 4) is 0 Å². The quantitative estimate of drug-likeness (QED) is 0.607. The van der Waals surface area contributed by atoms with Crippen LogP contribution >= 0.6 is 15.9 Å². The molecule has 0 saturated carbocycles. The summed E-state index contributed by atoms with van der Waals surface area (Å²) in [6.45, 7) is 0.588. The Morgan fingerprint density at radius 3 is 2.80 bits per heavy atom. The van der Waals surface area contributed by atoms with E-state index in [2.05, 4.69) is 26.2 Å². The van der Waals surface area contributed by atoms with Crippen molar-refractivity contribution in [1.82, 2.24) is 10.3 Å². The van der Waals surface area contributed by atoms with E-state index in [-0.39, 0.29) is 11.4 Å². The molecule has 1 saturated heterocycles. The summed E-state index contributed by atoms with van der Waals surface area (Å²) in [4.78, 5) is 14.2. The molecule has 0 atom stereocenters. The highest BCUT2D eigenvalue weighted by atomic mass is 79.9. The molecule has 0 bridgehead atoms. The lowest BCUT2D eigenvalue weighted by Crippen LogP contribution is -2.57. The highest BCUT2D eigenvalue weighted by molar-refractivity contribution is 9.10. The molecule has 1 aromatic heterocycles. The molecule has 1 aliphatic heterocycles. The fraction of sp³-hybridized carbons (Fsp3) is 0.375. The van der Waals surface area contributed by atoms with Gasteiger partial charge in [0.05, 0.1) is 4.92 Å². The summed E-state index contributed by atoms with van der Waals surface area (Å²) in [7, 11) is 0. The molecule has 15 heavy (non-hydrogen) atoms. The van der Waals surface area contributed by atoms with Crippen LogP contribution in [-0.2, 0) is 5.60 Å². The molecule has 0 radical (unpaired) electrons. The molecule has 0 unspecified atom stereocenters. The predicted molar refractivity (Wildman–Crippen MR) is 55.4 cm³/mol. The van der Waals surface area contributed by atoms with Crippen LogP contribution in [0, 0.1) is 10.1 Å². The molecule has 0 aromatic carbocycles. The molecule has 1 aromatic rings. The van der Waals surface area contributed by atoms with Gasteiger partial charge in [-0.1, -0.05) is 0 Å². The maximum Gasteiger partial charge on any atom is 0.294 e. The van der Waals surface area contributed by atoms with Gasteiger partial charge in [0.1, 0.15) is 5.60 Å². The molecular weight excluding hydrogens is 266 g/mol. The van der Waals surface area contributed by atoms with Crippen LogP contribution in [0.25, 0.3) is 0 Å². The van der Waals surface area contributed by atoms with Crippen molar-refractivity contribution in [2.75, 3.05) is 13.1 Å². The van der Waals surface area contributed by atoms with Crippen LogP contribution in [-0.4, -0.2) is 28.1 Å². The van der Waals surface area contributed by atoms with Gasteiger partial charge in [-0.2, -0.15) is 0 Å². The lowest BCUT2D eigenvalue weighted by atomic mass is 9.91. The van der Waals surface area contributed by atoms with Crippen molar-refractivity contribution in [2.24, 2.45) is 0 Å². The van der Waals surface area contributed by atoms with Gasteiger partial charge in [0, 0.05) is 29.8 Å². The first-order valence-corrected chi connectivity index (χ1v) is 5.06. The zero-order valence-electron chi connectivity index (χ0n) is 7.61. The van der Waals surface area contributed by atoms with Gasteiger partial charge in [0.25, 0.3) is 5.69 Å². The Morgan fingerprint density at radius 2 is 2.33 bits per heavy atom. The second kappa shape index (κ2) is 3.51. The minimum atomic E-state index is -1.21. The number of nitrogens with zero attached hydrogens (tertiary/aromatic N) is 2. The molecule has 0 amide bonds. The molecule has 2 heterocycles. The lowest BCUT2D eigenvalue weighted by molar-refractivity contribution is -0.387. The van der Waals surface area contributed by atoms with E-state index >= 15 is 0 Å². The Hall–Kier alpha value is -1.05. The second-order valence-electron chi connectivity index (χ2n) is 3.41. The largest absolute Gasteiger partial charge is 0.381 e. The van der Waals surface area contributed by atoms with Crippen molar-refractivity contribution in [1.29, 1.82) is 0 Å². The van der Waals surface area contributed by atoms with Gasteiger partial charge in [-0.25, -0.2) is 4.98 Å². The van der Waals surface area contributed by atoms with E-state index in [4.69, 9.17) is 0 Å². The molecule has 1 aliphatic rings. The third kappa shape index (κ3) is 1.73. The smallest absolute Gasteiger partial charge is 0.294 e. The van der Waals surface area contributed by atoms with Gasteiger partial charge < -0.3 is 10.4 Å². The number of rotatable bonds is 2. The van der Waals surface area contributed by atoms with Gasteiger partial charge in [-0.3, -0.25) is 10.1 Å². The van der Waals surface area contributed by atoms with E-state index < -0.39 is 10.5 Å². The van der Waals surface area contributed by atoms with E-state index in [9.17, 15) is 15.2 Å². The number of nitrogens with one attached hydrogen (secondary N) is 1. The topological polar surface area (TPSA) is 88.3 Å². The zero-order valence-corrected chi connectivity index (χ0v) is 9.19. The Kier molecular flexibility index (Phi) is 2.45. The van der Waals surface area contributed by atoms with Gasteiger partial charge in [0.2, 0.25) is 0 Å². The summed E-state index contributed by atoms with van der Waals surface area (Å²) in [5.74, 6) is 0. The van der Waals surface area contributed by atoms with Crippen LogP contribution in [0.15, 0.2) is 16.7 Å². The number of halogens is 1. The summed E-state index contributed by atoms with van der Waals surface area (Å²) in [5.41, 5.74) is -1.24. The molecule has 80 valence electrons. The minimum absolute atomic E-state index is 0.120. The summed E-state index contributed by atoms with van der Waals surface area (Å²) < 4.78 is 0.522. The third-order valence-electron chi connectivity index (χ3n) is 2.31. The van der Waals surface area contributed by atoms with Gasteiger partial charge in [-0.15, -0.1) is 0 Å². The fourth-order valence-electron chi connectivity index (χ4n) is 1.46. The average Bonchev–Trinajstić information content (AvgIpc) is 2.14. The van der Waals surface area contributed by atoms with Gasteiger partial charge in [-0.05, 0) is 15.9 Å². The van der Waals surface area contributed by atoms with Gasteiger partial charge in [0.15, 0.2) is 5.69 Å². The maximum atomic E-state index is 10.8. The summed E-state index contributed by atoms with van der Waals surface area (Å²) >= 11 is 3.11. The molecule has 0 spiro atoms. The van der Waals surface area contributed by atoms with Crippen LogP contribution in [0.2, 0.25) is 0 Å². The number of hydrogen-bond donors (Lipinski definition) is 2. The molecule has 2 rings (SSSR count). The van der Waals surface area contributed by atoms with Crippen molar-refractivity contribution in [3.63, 3.8) is 0 Å². The van der Waals surface area contributed by atoms with E-state index in [1.54, 1.807) is 0 Å². The average molecular weight is 274 g/mol. The SMILES string of the molecule is O=[N+]([O-])c1cc(Br)cnc1C1(O)CNC1. The molecule has 0 aliphatic carbocycles. The van der Waals surface area contributed by atoms with Crippen molar-refractivity contribution in [3.05, 3.63) is 32.5 Å². The number of pyridine rings is 1. The molecule has 7 heteroatoms. The van der Waals surface area contributed by atoms with Gasteiger partial charge >= 0.3 is 0 Å². The third-order valence-corrected chi connectivity index (χ3v) is 2.74. The Bertz CT molecular complexity index is 420. The van der Waals surface area contributed by atoms with Crippen molar-refractivity contribution < 1.29 is 10.0 Å². The molecule has 6 nitrogen and oxygen atoms in total. The normalized spacial score (nSPS) is 18.3. The molecular formula is C8H8BrN3O3. The molecule has 2 N–H and O–H groups in total. The first-order valence-electron chi connectivity index (χ1n) is 4.26. The fourth-order valence-corrected chi connectivity index (χ4v) is 1.77. The van der Waals surface area contributed by atoms with Crippen molar-refractivity contribution >= 4 is 21.6 Å².